The second kappa shape index (κ2) is 16.6. The summed E-state index contributed by atoms with van der Waals surface area (Å²) in [6, 6.07) is 39.3. The number of para-hydroxylation sites is 2. The maximum atomic E-state index is 12.9. The van der Waals surface area contributed by atoms with Gasteiger partial charge >= 0.3 is 0 Å². The van der Waals surface area contributed by atoms with E-state index in [1.807, 2.05) is 84.9 Å². The Balaban J connectivity index is 0.956. The van der Waals surface area contributed by atoms with Crippen molar-refractivity contribution >= 4 is 28.5 Å². The van der Waals surface area contributed by atoms with Gasteiger partial charge in [0.2, 0.25) is 0 Å². The molecule has 2 saturated heterocycles. The molecule has 2 aliphatic heterocycles. The van der Waals surface area contributed by atoms with E-state index in [1.165, 1.54) is 6.20 Å². The van der Waals surface area contributed by atoms with Crippen molar-refractivity contribution < 1.29 is 24.5 Å². The summed E-state index contributed by atoms with van der Waals surface area (Å²) in [5.41, 5.74) is 7.54. The molecule has 0 saturated carbocycles. The highest BCUT2D eigenvalue weighted by Gasteiger charge is 2.41. The van der Waals surface area contributed by atoms with E-state index in [1.54, 1.807) is 0 Å². The van der Waals surface area contributed by atoms with E-state index in [2.05, 4.69) is 63.5 Å². The summed E-state index contributed by atoms with van der Waals surface area (Å²) in [7, 11) is 0. The molecule has 1 amide bonds. The lowest BCUT2D eigenvalue weighted by molar-refractivity contribution is -0.277. The van der Waals surface area contributed by atoms with Gasteiger partial charge in [-0.15, -0.1) is 0 Å². The van der Waals surface area contributed by atoms with Crippen LogP contribution >= 0.6 is 11.6 Å². The van der Waals surface area contributed by atoms with E-state index >= 15 is 0 Å². The van der Waals surface area contributed by atoms with E-state index in [4.69, 9.17) is 21.1 Å². The van der Waals surface area contributed by atoms with Crippen molar-refractivity contribution in [3.05, 3.63) is 166 Å². The molecule has 56 heavy (non-hydrogen) atoms. The fourth-order valence-electron chi connectivity index (χ4n) is 7.77. The Kier molecular flexibility index (Phi) is 11.2. The van der Waals surface area contributed by atoms with Crippen LogP contribution < -0.4 is 5.32 Å². The Hall–Kier alpha value is -5.00. The lowest BCUT2D eigenvalue weighted by Gasteiger charge is -2.45. The summed E-state index contributed by atoms with van der Waals surface area (Å²) in [6.07, 6.45) is 1.79. The summed E-state index contributed by atoms with van der Waals surface area (Å²) in [5.74, 6) is -0.237. The summed E-state index contributed by atoms with van der Waals surface area (Å²) in [5, 5.41) is 24.8. The normalized spacial score (nSPS) is 21.1. The fraction of sp³-hybridized carbons (Fsp3) is 0.283. The maximum Gasteiger partial charge on any atom is 0.271 e. The molecule has 0 spiro atoms. The molecule has 8 rings (SSSR count). The maximum absolute atomic E-state index is 12.9. The van der Waals surface area contributed by atoms with Crippen LogP contribution in [0.15, 0.2) is 128 Å². The standard InChI is InChI=1S/C46H45ClN4O5/c1-30-42(28-51-23-21-46(54,22-24-51)37-17-19-38(47)20-18-37)55-45(56-43(30)34-11-9-31(29-52)10-12-34)35-15-13-33(14-16-35)36-6-4-5-32(25-36)26-49-44(53)41-27-48-39-7-2-3-8-40(39)50-41/h2-20,25,27,30,42-43,45,52,54H,21-24,26,28-29H2,1H3,(H,49,53). The SMILES string of the molecule is CC1C(CN2CCC(O)(c3ccc(Cl)cc3)CC2)OC(c2ccc(-c3cccc(CNC(=O)c4cnc5ccccc5n4)c3)cc2)OC1c1ccc(CO)cc1. The number of rotatable bonds is 10. The van der Waals surface area contributed by atoms with Gasteiger partial charge < -0.3 is 29.9 Å². The quantitative estimate of drug-likeness (QED) is 0.128. The molecule has 0 radical (unpaired) electrons. The number of piperidine rings is 1. The third-order valence-electron chi connectivity index (χ3n) is 11.2. The lowest BCUT2D eigenvalue weighted by Crippen LogP contribution is -2.49. The molecule has 5 aromatic carbocycles. The number of benzene rings is 5. The summed E-state index contributed by atoms with van der Waals surface area (Å²) in [6.45, 7) is 4.69. The number of aliphatic hydroxyl groups is 2. The highest BCUT2D eigenvalue weighted by atomic mass is 35.5. The third-order valence-corrected chi connectivity index (χ3v) is 11.5. The minimum absolute atomic E-state index is 0.0164. The van der Waals surface area contributed by atoms with Crippen LogP contribution in [0, 0.1) is 5.92 Å². The highest BCUT2D eigenvalue weighted by Crippen LogP contribution is 2.43. The van der Waals surface area contributed by atoms with E-state index in [9.17, 15) is 15.0 Å². The molecule has 2 aliphatic rings. The molecule has 0 bridgehead atoms. The molecule has 6 aromatic rings. The van der Waals surface area contributed by atoms with E-state index in [0.717, 1.165) is 57.6 Å². The number of nitrogens with one attached hydrogen (secondary N) is 1. The predicted octanol–water partition coefficient (Wildman–Crippen LogP) is 8.15. The monoisotopic (exact) mass is 768 g/mol. The molecule has 2 fully saturated rings. The van der Waals surface area contributed by atoms with Gasteiger partial charge in [0.25, 0.3) is 5.91 Å². The summed E-state index contributed by atoms with van der Waals surface area (Å²) in [4.78, 5) is 24.1. The second-order valence-electron chi connectivity index (χ2n) is 14.9. The number of nitrogens with zero attached hydrogens (tertiary/aromatic N) is 3. The van der Waals surface area contributed by atoms with Crippen LogP contribution in [-0.4, -0.2) is 56.7 Å². The van der Waals surface area contributed by atoms with E-state index in [0.29, 0.717) is 36.5 Å². The number of amides is 1. The number of aliphatic hydroxyl groups excluding tert-OH is 1. The minimum Gasteiger partial charge on any atom is -0.392 e. The zero-order valence-electron chi connectivity index (χ0n) is 31.2. The van der Waals surface area contributed by atoms with E-state index in [-0.39, 0.29) is 36.3 Å². The number of aromatic nitrogens is 2. The van der Waals surface area contributed by atoms with Gasteiger partial charge in [-0.2, -0.15) is 0 Å². The zero-order valence-corrected chi connectivity index (χ0v) is 32.0. The first kappa shape index (κ1) is 37.9. The average molecular weight is 769 g/mol. The Bertz CT molecular complexity index is 2280. The molecule has 10 heteroatoms. The Morgan fingerprint density at radius 1 is 0.839 bits per heavy atom. The van der Waals surface area contributed by atoms with Crippen LogP contribution in [0.1, 0.15) is 70.5 Å². The molecule has 0 aliphatic carbocycles. The lowest BCUT2D eigenvalue weighted by atomic mass is 9.84. The smallest absolute Gasteiger partial charge is 0.271 e. The van der Waals surface area contributed by atoms with Crippen LogP contribution in [0.3, 0.4) is 0 Å². The van der Waals surface area contributed by atoms with Crippen molar-refractivity contribution in [1.29, 1.82) is 0 Å². The second-order valence-corrected chi connectivity index (χ2v) is 15.3. The first-order chi connectivity index (χ1) is 27.2. The van der Waals surface area contributed by atoms with Gasteiger partial charge in [0, 0.05) is 42.7 Å². The van der Waals surface area contributed by atoms with Gasteiger partial charge in [0.1, 0.15) is 5.69 Å². The van der Waals surface area contributed by atoms with Crippen LogP contribution in [0.4, 0.5) is 0 Å². The zero-order chi connectivity index (χ0) is 38.6. The molecule has 4 atom stereocenters. The van der Waals surface area contributed by atoms with Crippen molar-refractivity contribution in [1.82, 2.24) is 20.2 Å². The predicted molar refractivity (Wildman–Crippen MR) is 217 cm³/mol. The first-order valence-corrected chi connectivity index (χ1v) is 19.5. The molecular weight excluding hydrogens is 724 g/mol. The largest absolute Gasteiger partial charge is 0.392 e. The van der Waals surface area contributed by atoms with Crippen LogP contribution in [-0.2, 0) is 28.2 Å². The van der Waals surface area contributed by atoms with Crippen molar-refractivity contribution in [3.63, 3.8) is 0 Å². The Labute approximate surface area is 331 Å². The summed E-state index contributed by atoms with van der Waals surface area (Å²) < 4.78 is 13.5. The Morgan fingerprint density at radius 2 is 1.55 bits per heavy atom. The number of carbonyl (C=O) groups excluding carboxylic acids is 1. The number of hydrogen-bond donors (Lipinski definition) is 3. The first-order valence-electron chi connectivity index (χ1n) is 19.2. The number of fused-ring (bicyclic) bond motifs is 1. The van der Waals surface area contributed by atoms with Crippen molar-refractivity contribution in [3.8, 4) is 11.1 Å². The molecule has 3 heterocycles. The fourth-order valence-corrected chi connectivity index (χ4v) is 7.90. The molecule has 3 N–H and O–H groups in total. The Morgan fingerprint density at radius 3 is 2.29 bits per heavy atom. The van der Waals surface area contributed by atoms with Crippen LogP contribution in [0.2, 0.25) is 5.02 Å². The minimum atomic E-state index is -0.884. The number of likely N-dealkylation sites (tertiary alicyclic amines) is 1. The average Bonchev–Trinajstić information content (AvgIpc) is 3.24. The highest BCUT2D eigenvalue weighted by molar-refractivity contribution is 6.30. The molecule has 4 unspecified atom stereocenters. The topological polar surface area (TPSA) is 117 Å². The van der Waals surface area contributed by atoms with Crippen molar-refractivity contribution in [2.75, 3.05) is 19.6 Å². The van der Waals surface area contributed by atoms with Gasteiger partial charge in [-0.05, 0) is 76.6 Å². The van der Waals surface area contributed by atoms with Gasteiger partial charge in [-0.1, -0.05) is 110 Å². The van der Waals surface area contributed by atoms with Gasteiger partial charge in [0.15, 0.2) is 6.29 Å². The van der Waals surface area contributed by atoms with Gasteiger partial charge in [-0.3, -0.25) is 9.78 Å². The summed E-state index contributed by atoms with van der Waals surface area (Å²) >= 11 is 6.12. The van der Waals surface area contributed by atoms with Crippen LogP contribution in [0.25, 0.3) is 22.2 Å². The number of halogens is 1. The van der Waals surface area contributed by atoms with Crippen LogP contribution in [0.5, 0.6) is 0 Å². The molecular formula is C46H45ClN4O5. The number of carbonyl (C=O) groups is 1. The van der Waals surface area contributed by atoms with E-state index < -0.39 is 11.9 Å². The molecule has 286 valence electrons. The van der Waals surface area contributed by atoms with Gasteiger partial charge in [0.05, 0.1) is 41.6 Å². The number of hydrogen-bond acceptors (Lipinski definition) is 8. The number of ether oxygens (including phenoxy) is 2. The molecule has 1 aromatic heterocycles. The molecule has 9 nitrogen and oxygen atoms in total. The van der Waals surface area contributed by atoms with Crippen molar-refractivity contribution in [2.45, 2.75) is 57.0 Å². The van der Waals surface area contributed by atoms with Gasteiger partial charge in [-0.25, -0.2) is 4.98 Å². The third kappa shape index (κ3) is 8.39. The van der Waals surface area contributed by atoms with Crippen molar-refractivity contribution in [2.24, 2.45) is 5.92 Å².